The Balaban J connectivity index is 2.40. The van der Waals surface area contributed by atoms with Gasteiger partial charge in [-0.1, -0.05) is 41.0 Å². The summed E-state index contributed by atoms with van der Waals surface area (Å²) in [6, 6.07) is 0.475. The van der Waals surface area contributed by atoms with E-state index in [-0.39, 0.29) is 5.41 Å². The first-order chi connectivity index (χ1) is 8.86. The van der Waals surface area contributed by atoms with E-state index in [1.54, 1.807) is 0 Å². The zero-order valence-electron chi connectivity index (χ0n) is 12.8. The molecule has 19 heavy (non-hydrogen) atoms. The molecule has 2 rings (SSSR count). The fraction of sp³-hybridized carbons (Fsp3) is 0.800. The Morgan fingerprint density at radius 3 is 2.74 bits per heavy atom. The quantitative estimate of drug-likeness (QED) is 0.850. The van der Waals surface area contributed by atoms with Gasteiger partial charge >= 0.3 is 0 Å². The molecule has 1 aromatic heterocycles. The number of hydrogen-bond donors (Lipinski definition) is 1. The second-order valence-corrected chi connectivity index (χ2v) is 7.57. The number of anilines is 1. The van der Waals surface area contributed by atoms with Gasteiger partial charge in [-0.15, -0.1) is 0 Å². The minimum Gasteiger partial charge on any atom is -0.369 e. The lowest BCUT2D eigenvalue weighted by atomic mass is 9.84. The molecule has 0 aromatic carbocycles. The predicted molar refractivity (Wildman–Crippen MR) is 84.8 cm³/mol. The highest BCUT2D eigenvalue weighted by Gasteiger charge is 2.33. The molecule has 0 radical (unpaired) electrons. The largest absolute Gasteiger partial charge is 0.369 e. The summed E-state index contributed by atoms with van der Waals surface area (Å²) in [5.41, 5.74) is 1.45. The van der Waals surface area contributed by atoms with Gasteiger partial charge < -0.3 is 5.32 Å². The topological polar surface area (TPSA) is 29.9 Å². The summed E-state index contributed by atoms with van der Waals surface area (Å²) >= 11 is 3.76. The minimum atomic E-state index is 0.244. The molecule has 108 valence electrons. The highest BCUT2D eigenvalue weighted by Crippen LogP contribution is 2.42. The molecule has 0 saturated carbocycles. The van der Waals surface area contributed by atoms with Gasteiger partial charge in [0.2, 0.25) is 0 Å². The molecule has 2 heterocycles. The van der Waals surface area contributed by atoms with Crippen LogP contribution in [0.2, 0.25) is 0 Å². The third-order valence-electron chi connectivity index (χ3n) is 4.07. The molecule has 2 unspecified atom stereocenters. The molecule has 0 saturated heterocycles. The Hall–Kier alpha value is -0.510. The molecule has 1 N–H and O–H groups in total. The van der Waals surface area contributed by atoms with Crippen LogP contribution in [0.3, 0.4) is 0 Å². The third kappa shape index (κ3) is 2.83. The number of halogens is 1. The normalized spacial score (nSPS) is 20.8. The SMILES string of the molecule is CCCC(C)c1nn2c(c1Br)NCCC2C(C)(C)C. The van der Waals surface area contributed by atoms with Crippen molar-refractivity contribution >= 4 is 21.7 Å². The second-order valence-electron chi connectivity index (χ2n) is 6.78. The molecule has 1 aliphatic rings. The van der Waals surface area contributed by atoms with E-state index in [0.717, 1.165) is 13.0 Å². The molecule has 2 atom stereocenters. The van der Waals surface area contributed by atoms with Crippen molar-refractivity contribution in [1.29, 1.82) is 0 Å². The van der Waals surface area contributed by atoms with Gasteiger partial charge in [0.1, 0.15) is 5.82 Å². The summed E-state index contributed by atoms with van der Waals surface area (Å²) in [4.78, 5) is 0. The van der Waals surface area contributed by atoms with E-state index in [1.165, 1.54) is 28.8 Å². The molecule has 1 aromatic rings. The highest BCUT2D eigenvalue weighted by molar-refractivity contribution is 9.10. The molecule has 0 aliphatic carbocycles. The van der Waals surface area contributed by atoms with Gasteiger partial charge in [-0.05, 0) is 34.2 Å². The Bertz CT molecular complexity index is 445. The van der Waals surface area contributed by atoms with Crippen molar-refractivity contribution < 1.29 is 0 Å². The van der Waals surface area contributed by atoms with Crippen molar-refractivity contribution in [3.05, 3.63) is 10.2 Å². The van der Waals surface area contributed by atoms with Crippen LogP contribution in [-0.2, 0) is 0 Å². The maximum Gasteiger partial charge on any atom is 0.139 e. The van der Waals surface area contributed by atoms with Crippen molar-refractivity contribution in [3.8, 4) is 0 Å². The summed E-state index contributed by atoms with van der Waals surface area (Å²) in [5.74, 6) is 1.68. The van der Waals surface area contributed by atoms with Crippen LogP contribution >= 0.6 is 15.9 Å². The Morgan fingerprint density at radius 2 is 2.16 bits per heavy atom. The first kappa shape index (κ1) is 14.9. The zero-order valence-corrected chi connectivity index (χ0v) is 14.3. The maximum absolute atomic E-state index is 4.92. The van der Waals surface area contributed by atoms with E-state index in [4.69, 9.17) is 5.10 Å². The van der Waals surface area contributed by atoms with Gasteiger partial charge in [0, 0.05) is 12.5 Å². The van der Waals surface area contributed by atoms with Crippen LogP contribution in [0.15, 0.2) is 4.47 Å². The maximum atomic E-state index is 4.92. The lowest BCUT2D eigenvalue weighted by molar-refractivity contribution is 0.209. The Labute approximate surface area is 125 Å². The monoisotopic (exact) mass is 327 g/mol. The molecular weight excluding hydrogens is 302 g/mol. The lowest BCUT2D eigenvalue weighted by Crippen LogP contribution is -2.32. The highest BCUT2D eigenvalue weighted by atomic mass is 79.9. The fourth-order valence-electron chi connectivity index (χ4n) is 2.95. The van der Waals surface area contributed by atoms with Gasteiger partial charge in [0.05, 0.1) is 16.2 Å². The molecule has 3 nitrogen and oxygen atoms in total. The predicted octanol–water partition coefficient (Wildman–Crippen LogP) is 4.95. The van der Waals surface area contributed by atoms with Crippen LogP contribution in [0, 0.1) is 5.41 Å². The Kier molecular flexibility index (Phi) is 4.29. The standard InChI is InChI=1S/C15H26BrN3/c1-6-7-10(2)13-12(16)14-17-9-8-11(15(3,4)5)19(14)18-13/h10-11,17H,6-9H2,1-5H3. The van der Waals surface area contributed by atoms with E-state index in [1.807, 2.05) is 0 Å². The average Bonchev–Trinajstić information content (AvgIpc) is 2.66. The first-order valence-electron chi connectivity index (χ1n) is 7.38. The van der Waals surface area contributed by atoms with Crippen LogP contribution in [0.1, 0.15) is 71.5 Å². The van der Waals surface area contributed by atoms with Crippen molar-refractivity contribution in [1.82, 2.24) is 9.78 Å². The van der Waals surface area contributed by atoms with Crippen LogP contribution in [-0.4, -0.2) is 16.3 Å². The number of nitrogens with zero attached hydrogens (tertiary/aromatic N) is 2. The molecule has 0 amide bonds. The zero-order chi connectivity index (χ0) is 14.2. The Morgan fingerprint density at radius 1 is 1.47 bits per heavy atom. The summed E-state index contributed by atoms with van der Waals surface area (Å²) in [6.07, 6.45) is 3.54. The van der Waals surface area contributed by atoms with Crippen molar-refractivity contribution in [2.24, 2.45) is 5.41 Å². The van der Waals surface area contributed by atoms with E-state index in [0.29, 0.717) is 12.0 Å². The molecular formula is C15H26BrN3. The average molecular weight is 328 g/mol. The molecule has 0 fully saturated rings. The number of nitrogens with one attached hydrogen (secondary N) is 1. The number of fused-ring (bicyclic) bond motifs is 1. The van der Waals surface area contributed by atoms with E-state index < -0.39 is 0 Å². The van der Waals surface area contributed by atoms with Crippen LogP contribution in [0.4, 0.5) is 5.82 Å². The molecule has 1 aliphatic heterocycles. The smallest absolute Gasteiger partial charge is 0.139 e. The molecule has 0 bridgehead atoms. The summed E-state index contributed by atoms with van der Waals surface area (Å²) < 4.78 is 3.39. The first-order valence-corrected chi connectivity index (χ1v) is 8.17. The van der Waals surface area contributed by atoms with Gasteiger partial charge in [0.25, 0.3) is 0 Å². The van der Waals surface area contributed by atoms with Gasteiger partial charge in [-0.2, -0.15) is 5.10 Å². The van der Waals surface area contributed by atoms with Gasteiger partial charge in [0.15, 0.2) is 0 Å². The third-order valence-corrected chi connectivity index (χ3v) is 4.85. The molecule has 0 spiro atoms. The number of hydrogen-bond acceptors (Lipinski definition) is 2. The summed E-state index contributed by atoms with van der Waals surface area (Å²) in [6.45, 7) is 12.5. The molecule has 4 heteroatoms. The van der Waals surface area contributed by atoms with Gasteiger partial charge in [-0.25, -0.2) is 4.68 Å². The fourth-order valence-corrected chi connectivity index (χ4v) is 3.74. The van der Waals surface area contributed by atoms with Crippen LogP contribution in [0.5, 0.6) is 0 Å². The van der Waals surface area contributed by atoms with Crippen molar-refractivity contribution in [3.63, 3.8) is 0 Å². The summed E-state index contributed by atoms with van der Waals surface area (Å²) in [7, 11) is 0. The minimum absolute atomic E-state index is 0.244. The van der Waals surface area contributed by atoms with E-state index in [2.05, 4.69) is 60.5 Å². The number of aromatic nitrogens is 2. The van der Waals surface area contributed by atoms with Gasteiger partial charge in [-0.3, -0.25) is 0 Å². The number of rotatable bonds is 3. The van der Waals surface area contributed by atoms with Crippen molar-refractivity contribution in [2.45, 2.75) is 65.8 Å². The van der Waals surface area contributed by atoms with E-state index in [9.17, 15) is 0 Å². The van der Waals surface area contributed by atoms with Crippen molar-refractivity contribution in [2.75, 3.05) is 11.9 Å². The van der Waals surface area contributed by atoms with Crippen LogP contribution < -0.4 is 5.32 Å². The van der Waals surface area contributed by atoms with Crippen LogP contribution in [0.25, 0.3) is 0 Å². The van der Waals surface area contributed by atoms with E-state index >= 15 is 0 Å². The lowest BCUT2D eigenvalue weighted by Gasteiger charge is -2.35. The summed E-state index contributed by atoms with van der Waals surface area (Å²) in [5, 5.41) is 8.43. The second kappa shape index (κ2) is 5.47.